The standard InChI is InChI=1S/C13H26N2O/c1-5-6-10(2)11-7-8-14-12(9-11)13(16)15(3)4/h10-12,14H,5-9H2,1-4H3. The fourth-order valence-electron chi connectivity index (χ4n) is 2.65. The van der Waals surface area contributed by atoms with Crippen molar-refractivity contribution >= 4 is 5.91 Å². The van der Waals surface area contributed by atoms with E-state index in [-0.39, 0.29) is 11.9 Å². The molecule has 1 fully saturated rings. The van der Waals surface area contributed by atoms with Crippen molar-refractivity contribution in [1.82, 2.24) is 10.2 Å². The molecule has 1 N–H and O–H groups in total. The number of rotatable bonds is 4. The normalized spacial score (nSPS) is 27.5. The summed E-state index contributed by atoms with van der Waals surface area (Å²) in [4.78, 5) is 13.6. The van der Waals surface area contributed by atoms with Gasteiger partial charge in [-0.25, -0.2) is 0 Å². The number of nitrogens with zero attached hydrogens (tertiary/aromatic N) is 1. The van der Waals surface area contributed by atoms with Crippen LogP contribution in [0.3, 0.4) is 0 Å². The monoisotopic (exact) mass is 226 g/mol. The number of hydrogen-bond acceptors (Lipinski definition) is 2. The molecule has 0 aliphatic carbocycles. The Morgan fingerprint density at radius 1 is 1.50 bits per heavy atom. The maximum absolute atomic E-state index is 11.9. The van der Waals surface area contributed by atoms with E-state index in [1.807, 2.05) is 14.1 Å². The first-order valence-electron chi connectivity index (χ1n) is 6.50. The molecule has 1 amide bonds. The fraction of sp³-hybridized carbons (Fsp3) is 0.923. The summed E-state index contributed by atoms with van der Waals surface area (Å²) in [5, 5.41) is 3.34. The smallest absolute Gasteiger partial charge is 0.239 e. The number of piperidine rings is 1. The van der Waals surface area contributed by atoms with Crippen molar-refractivity contribution in [2.45, 2.75) is 45.6 Å². The highest BCUT2D eigenvalue weighted by Crippen LogP contribution is 2.27. The van der Waals surface area contributed by atoms with Crippen molar-refractivity contribution in [3.05, 3.63) is 0 Å². The SMILES string of the molecule is CCCC(C)C1CCNC(C(=O)N(C)C)C1. The van der Waals surface area contributed by atoms with E-state index >= 15 is 0 Å². The van der Waals surface area contributed by atoms with Gasteiger partial charge in [0.15, 0.2) is 0 Å². The highest BCUT2D eigenvalue weighted by atomic mass is 16.2. The number of nitrogens with one attached hydrogen (secondary N) is 1. The highest BCUT2D eigenvalue weighted by Gasteiger charge is 2.30. The molecular weight excluding hydrogens is 200 g/mol. The zero-order valence-electron chi connectivity index (χ0n) is 11.1. The average Bonchev–Trinajstić information content (AvgIpc) is 2.28. The van der Waals surface area contributed by atoms with Crippen molar-refractivity contribution < 1.29 is 4.79 Å². The Morgan fingerprint density at radius 3 is 2.75 bits per heavy atom. The Bertz CT molecular complexity index is 228. The molecule has 3 atom stereocenters. The minimum atomic E-state index is 0.0491. The second-order valence-electron chi connectivity index (χ2n) is 5.29. The predicted octanol–water partition coefficient (Wildman–Crippen LogP) is 1.88. The van der Waals surface area contributed by atoms with E-state index in [2.05, 4.69) is 19.2 Å². The van der Waals surface area contributed by atoms with Crippen molar-refractivity contribution in [3.63, 3.8) is 0 Å². The number of likely N-dealkylation sites (N-methyl/N-ethyl adjacent to an activating group) is 1. The summed E-state index contributed by atoms with van der Waals surface area (Å²) >= 11 is 0. The Kier molecular flexibility index (Phi) is 5.26. The third kappa shape index (κ3) is 3.48. The quantitative estimate of drug-likeness (QED) is 0.794. The Hall–Kier alpha value is -0.570. The van der Waals surface area contributed by atoms with Crippen LogP contribution in [0.4, 0.5) is 0 Å². The van der Waals surface area contributed by atoms with Crippen LogP contribution in [-0.4, -0.2) is 37.5 Å². The predicted molar refractivity (Wildman–Crippen MR) is 67.3 cm³/mol. The first-order chi connectivity index (χ1) is 7.56. The number of amides is 1. The third-order valence-corrected chi connectivity index (χ3v) is 3.73. The average molecular weight is 226 g/mol. The summed E-state index contributed by atoms with van der Waals surface area (Å²) in [6, 6.07) is 0.0491. The van der Waals surface area contributed by atoms with E-state index in [4.69, 9.17) is 0 Å². The van der Waals surface area contributed by atoms with Gasteiger partial charge in [0.1, 0.15) is 0 Å². The Labute approximate surface area is 99.6 Å². The maximum atomic E-state index is 11.9. The molecule has 0 saturated carbocycles. The zero-order chi connectivity index (χ0) is 12.1. The van der Waals surface area contributed by atoms with Gasteiger partial charge in [0, 0.05) is 14.1 Å². The van der Waals surface area contributed by atoms with Crippen LogP contribution < -0.4 is 5.32 Å². The van der Waals surface area contributed by atoms with E-state index in [1.165, 1.54) is 19.3 Å². The molecule has 0 spiro atoms. The largest absolute Gasteiger partial charge is 0.347 e. The van der Waals surface area contributed by atoms with Crippen LogP contribution in [0, 0.1) is 11.8 Å². The topological polar surface area (TPSA) is 32.3 Å². The summed E-state index contributed by atoms with van der Waals surface area (Å²) in [5.74, 6) is 1.70. The van der Waals surface area contributed by atoms with Gasteiger partial charge in [-0.2, -0.15) is 0 Å². The van der Waals surface area contributed by atoms with Crippen molar-refractivity contribution in [1.29, 1.82) is 0 Å². The summed E-state index contributed by atoms with van der Waals surface area (Å²) in [5.41, 5.74) is 0. The van der Waals surface area contributed by atoms with Crippen LogP contribution in [0.5, 0.6) is 0 Å². The van der Waals surface area contributed by atoms with Gasteiger partial charge in [-0.3, -0.25) is 4.79 Å². The van der Waals surface area contributed by atoms with Gasteiger partial charge in [-0.05, 0) is 31.2 Å². The van der Waals surface area contributed by atoms with Gasteiger partial charge in [0.2, 0.25) is 5.91 Å². The molecular formula is C13H26N2O. The molecule has 1 aliphatic heterocycles. The lowest BCUT2D eigenvalue weighted by Crippen LogP contribution is -2.49. The first kappa shape index (κ1) is 13.5. The summed E-state index contributed by atoms with van der Waals surface area (Å²) in [6.45, 7) is 5.56. The van der Waals surface area contributed by atoms with E-state index in [9.17, 15) is 4.79 Å². The van der Waals surface area contributed by atoms with Crippen LogP contribution in [0.2, 0.25) is 0 Å². The van der Waals surface area contributed by atoms with Gasteiger partial charge in [-0.1, -0.05) is 26.7 Å². The van der Waals surface area contributed by atoms with Crippen LogP contribution in [0.15, 0.2) is 0 Å². The first-order valence-corrected chi connectivity index (χ1v) is 6.50. The van der Waals surface area contributed by atoms with E-state index in [0.29, 0.717) is 0 Å². The van der Waals surface area contributed by atoms with Crippen molar-refractivity contribution in [3.8, 4) is 0 Å². The molecule has 0 aromatic carbocycles. The van der Waals surface area contributed by atoms with E-state index in [0.717, 1.165) is 24.8 Å². The minimum Gasteiger partial charge on any atom is -0.347 e. The molecule has 1 saturated heterocycles. The van der Waals surface area contributed by atoms with E-state index in [1.54, 1.807) is 4.90 Å². The van der Waals surface area contributed by atoms with Gasteiger partial charge in [0.25, 0.3) is 0 Å². The molecule has 16 heavy (non-hydrogen) atoms. The Balaban J connectivity index is 2.50. The Morgan fingerprint density at radius 2 is 2.19 bits per heavy atom. The lowest BCUT2D eigenvalue weighted by Gasteiger charge is -2.34. The molecule has 3 nitrogen and oxygen atoms in total. The highest BCUT2D eigenvalue weighted by molar-refractivity contribution is 5.81. The van der Waals surface area contributed by atoms with Gasteiger partial charge < -0.3 is 10.2 Å². The summed E-state index contributed by atoms with van der Waals surface area (Å²) in [6.07, 6.45) is 4.77. The van der Waals surface area contributed by atoms with Crippen molar-refractivity contribution in [2.75, 3.05) is 20.6 Å². The fourth-order valence-corrected chi connectivity index (χ4v) is 2.65. The molecule has 0 bridgehead atoms. The lowest BCUT2D eigenvalue weighted by atomic mass is 9.80. The minimum absolute atomic E-state index is 0.0491. The number of carbonyl (C=O) groups excluding carboxylic acids is 1. The zero-order valence-corrected chi connectivity index (χ0v) is 11.1. The summed E-state index contributed by atoms with van der Waals surface area (Å²) in [7, 11) is 3.67. The molecule has 1 heterocycles. The summed E-state index contributed by atoms with van der Waals surface area (Å²) < 4.78 is 0. The third-order valence-electron chi connectivity index (χ3n) is 3.73. The lowest BCUT2D eigenvalue weighted by molar-refractivity contribution is -0.132. The van der Waals surface area contributed by atoms with Crippen LogP contribution in [0.25, 0.3) is 0 Å². The van der Waals surface area contributed by atoms with Crippen LogP contribution >= 0.6 is 0 Å². The molecule has 1 rings (SSSR count). The van der Waals surface area contributed by atoms with Crippen LogP contribution in [-0.2, 0) is 4.79 Å². The molecule has 3 unspecified atom stereocenters. The molecule has 3 heteroatoms. The maximum Gasteiger partial charge on any atom is 0.239 e. The molecule has 94 valence electrons. The number of hydrogen-bond donors (Lipinski definition) is 1. The second kappa shape index (κ2) is 6.24. The van der Waals surface area contributed by atoms with Gasteiger partial charge >= 0.3 is 0 Å². The molecule has 1 aliphatic rings. The molecule has 0 radical (unpaired) electrons. The molecule has 0 aromatic rings. The van der Waals surface area contributed by atoms with Gasteiger partial charge in [0.05, 0.1) is 6.04 Å². The molecule has 0 aromatic heterocycles. The van der Waals surface area contributed by atoms with Gasteiger partial charge in [-0.15, -0.1) is 0 Å². The van der Waals surface area contributed by atoms with Crippen molar-refractivity contribution in [2.24, 2.45) is 11.8 Å². The second-order valence-corrected chi connectivity index (χ2v) is 5.29. The van der Waals surface area contributed by atoms with Crippen LogP contribution in [0.1, 0.15) is 39.5 Å². The number of carbonyl (C=O) groups is 1. The van der Waals surface area contributed by atoms with E-state index < -0.39 is 0 Å².